The van der Waals surface area contributed by atoms with Crippen LogP contribution in [0.2, 0.25) is 0 Å². The average Bonchev–Trinajstić information content (AvgIpc) is 3.63. The Morgan fingerprint density at radius 1 is 0.400 bits per heavy atom. The van der Waals surface area contributed by atoms with E-state index < -0.39 is 0 Å². The summed E-state index contributed by atoms with van der Waals surface area (Å²) in [6.07, 6.45) is 0. The molecule has 7 aromatic carbocycles. The maximum absolute atomic E-state index is 14.7. The van der Waals surface area contributed by atoms with Crippen LogP contribution < -0.4 is 4.90 Å². The van der Waals surface area contributed by atoms with Crippen molar-refractivity contribution in [3.05, 3.63) is 180 Å². The molecule has 0 bridgehead atoms. The van der Waals surface area contributed by atoms with Crippen molar-refractivity contribution in [2.24, 2.45) is 0 Å². The Morgan fingerprint density at radius 3 is 1.46 bits per heavy atom. The molecular weight excluding hydrogens is 613 g/mol. The number of benzene rings is 7. The van der Waals surface area contributed by atoms with Crippen LogP contribution in [0.15, 0.2) is 158 Å². The Kier molecular flexibility index (Phi) is 6.85. The van der Waals surface area contributed by atoms with E-state index in [9.17, 15) is 9.59 Å². The first kappa shape index (κ1) is 29.6. The molecule has 0 N–H and O–H groups in total. The Morgan fingerprint density at radius 2 is 0.880 bits per heavy atom. The number of imide groups is 1. The van der Waals surface area contributed by atoms with E-state index in [-0.39, 0.29) is 11.8 Å². The summed E-state index contributed by atoms with van der Waals surface area (Å²) in [4.78, 5) is 30.2. The number of para-hydroxylation sites is 2. The summed E-state index contributed by atoms with van der Waals surface area (Å²) in [7, 11) is 0. The van der Waals surface area contributed by atoms with Gasteiger partial charge in [-0.15, -0.1) is 0 Å². The maximum Gasteiger partial charge on any atom is 0.268 e. The van der Waals surface area contributed by atoms with Gasteiger partial charge in [0.2, 0.25) is 0 Å². The summed E-state index contributed by atoms with van der Waals surface area (Å²) < 4.78 is 2.24. The molecule has 2 heterocycles. The highest BCUT2D eigenvalue weighted by Crippen LogP contribution is 2.44. The summed E-state index contributed by atoms with van der Waals surface area (Å²) in [6, 6.07) is 53.0. The number of carbonyl (C=O) groups is 2. The molecule has 4 heteroatoms. The Bertz CT molecular complexity index is 2550. The maximum atomic E-state index is 14.7. The molecule has 50 heavy (non-hydrogen) atoms. The Hall–Kier alpha value is -6.52. The number of anilines is 1. The van der Waals surface area contributed by atoms with Crippen LogP contribution in [0.3, 0.4) is 0 Å². The van der Waals surface area contributed by atoms with Crippen LogP contribution in [-0.2, 0) is 0 Å². The minimum absolute atomic E-state index is 0.321. The SMILES string of the molecule is Cc1ccccc1-c1cccc2c3cccc(-c4ccccc4C)c3n(-c3cccc4c3C(=O)N(c3ccc(-c5ccccc5)cc3)C4=O)c12. The minimum atomic E-state index is -0.329. The summed E-state index contributed by atoms with van der Waals surface area (Å²) in [5.41, 5.74) is 12.8. The third kappa shape index (κ3) is 4.46. The molecule has 4 nitrogen and oxygen atoms in total. The van der Waals surface area contributed by atoms with Gasteiger partial charge in [0.15, 0.2) is 0 Å². The molecule has 1 aromatic heterocycles. The molecule has 0 atom stereocenters. The second-order valence-corrected chi connectivity index (χ2v) is 12.9. The van der Waals surface area contributed by atoms with Crippen LogP contribution in [0.4, 0.5) is 5.69 Å². The van der Waals surface area contributed by atoms with Crippen LogP contribution in [0.1, 0.15) is 31.8 Å². The molecule has 1 aliphatic heterocycles. The number of rotatable bonds is 5. The molecule has 0 aliphatic carbocycles. The van der Waals surface area contributed by atoms with Gasteiger partial charge in [0, 0.05) is 21.9 Å². The minimum Gasteiger partial charge on any atom is -0.307 e. The standard InChI is InChI=1S/C46H32N2O2/c1-29-13-6-8-17-34(29)36-19-10-21-38-39-22-11-20-37(35-18-9-7-14-30(35)2)44(39)48(43(36)38)41-24-12-23-40-42(41)46(50)47(45(40)49)33-27-25-32(26-28-33)31-15-4-3-5-16-31/h3-28H,1-2H3. The van der Waals surface area contributed by atoms with E-state index in [4.69, 9.17) is 0 Å². The third-order valence-electron chi connectivity index (χ3n) is 10.0. The molecule has 0 radical (unpaired) electrons. The van der Waals surface area contributed by atoms with Crippen molar-refractivity contribution in [3.8, 4) is 39.1 Å². The molecule has 0 saturated carbocycles. The van der Waals surface area contributed by atoms with E-state index in [0.717, 1.165) is 66.3 Å². The highest BCUT2D eigenvalue weighted by atomic mass is 16.2. The fourth-order valence-corrected chi connectivity index (χ4v) is 7.66. The van der Waals surface area contributed by atoms with Crippen molar-refractivity contribution < 1.29 is 9.59 Å². The van der Waals surface area contributed by atoms with Crippen LogP contribution in [0.5, 0.6) is 0 Å². The van der Waals surface area contributed by atoms with Crippen LogP contribution in [-0.4, -0.2) is 16.4 Å². The van der Waals surface area contributed by atoms with Gasteiger partial charge in [0.05, 0.1) is 33.5 Å². The molecule has 1 aliphatic rings. The van der Waals surface area contributed by atoms with Gasteiger partial charge in [-0.2, -0.15) is 0 Å². The molecule has 0 fully saturated rings. The predicted molar refractivity (Wildman–Crippen MR) is 204 cm³/mol. The second kappa shape index (κ2) is 11.6. The van der Waals surface area contributed by atoms with Gasteiger partial charge in [-0.3, -0.25) is 9.59 Å². The highest BCUT2D eigenvalue weighted by molar-refractivity contribution is 6.36. The summed E-state index contributed by atoms with van der Waals surface area (Å²) in [6.45, 7) is 4.26. The van der Waals surface area contributed by atoms with Gasteiger partial charge in [-0.05, 0) is 71.5 Å². The lowest BCUT2D eigenvalue weighted by atomic mass is 9.97. The number of hydrogen-bond acceptors (Lipinski definition) is 2. The van der Waals surface area contributed by atoms with E-state index in [1.807, 2.05) is 66.7 Å². The van der Waals surface area contributed by atoms with Crippen molar-refractivity contribution in [1.29, 1.82) is 0 Å². The number of aryl methyl sites for hydroxylation is 2. The molecule has 2 amide bonds. The van der Waals surface area contributed by atoms with Gasteiger partial charge < -0.3 is 4.57 Å². The van der Waals surface area contributed by atoms with Crippen LogP contribution >= 0.6 is 0 Å². The highest BCUT2D eigenvalue weighted by Gasteiger charge is 2.39. The number of carbonyl (C=O) groups excluding carboxylic acids is 2. The zero-order chi connectivity index (χ0) is 33.9. The van der Waals surface area contributed by atoms with Crippen molar-refractivity contribution in [3.63, 3.8) is 0 Å². The summed E-state index contributed by atoms with van der Waals surface area (Å²) in [5.74, 6) is -0.650. The molecule has 0 saturated heterocycles. The molecule has 238 valence electrons. The Balaban J connectivity index is 1.32. The van der Waals surface area contributed by atoms with Gasteiger partial charge in [-0.1, -0.05) is 133 Å². The Labute approximate surface area is 290 Å². The van der Waals surface area contributed by atoms with Crippen molar-refractivity contribution in [2.45, 2.75) is 13.8 Å². The topological polar surface area (TPSA) is 42.3 Å². The zero-order valence-corrected chi connectivity index (χ0v) is 27.7. The van der Waals surface area contributed by atoms with E-state index in [1.165, 1.54) is 4.90 Å². The van der Waals surface area contributed by atoms with Crippen molar-refractivity contribution in [1.82, 2.24) is 4.57 Å². The number of fused-ring (bicyclic) bond motifs is 4. The first-order valence-electron chi connectivity index (χ1n) is 16.9. The second-order valence-electron chi connectivity index (χ2n) is 12.9. The van der Waals surface area contributed by atoms with Crippen molar-refractivity contribution in [2.75, 3.05) is 4.90 Å². The lowest BCUT2D eigenvalue weighted by molar-refractivity contribution is 0.0926. The first-order chi connectivity index (χ1) is 24.5. The van der Waals surface area contributed by atoms with E-state index in [2.05, 4.69) is 103 Å². The molecule has 8 aromatic rings. The van der Waals surface area contributed by atoms with Crippen molar-refractivity contribution >= 4 is 39.3 Å². The van der Waals surface area contributed by atoms with Gasteiger partial charge in [-0.25, -0.2) is 4.90 Å². The van der Waals surface area contributed by atoms with E-state index in [0.29, 0.717) is 22.5 Å². The molecule has 0 unspecified atom stereocenters. The van der Waals surface area contributed by atoms with E-state index in [1.54, 1.807) is 6.07 Å². The van der Waals surface area contributed by atoms with Crippen LogP contribution in [0, 0.1) is 13.8 Å². The molecule has 0 spiro atoms. The third-order valence-corrected chi connectivity index (χ3v) is 10.0. The molecule has 9 rings (SSSR count). The first-order valence-corrected chi connectivity index (χ1v) is 16.9. The van der Waals surface area contributed by atoms with Gasteiger partial charge >= 0.3 is 0 Å². The lowest BCUT2D eigenvalue weighted by Gasteiger charge is -2.18. The normalized spacial score (nSPS) is 12.6. The predicted octanol–water partition coefficient (Wildman–Crippen LogP) is 11.2. The number of aromatic nitrogens is 1. The number of amides is 2. The quantitative estimate of drug-likeness (QED) is 0.175. The summed E-state index contributed by atoms with van der Waals surface area (Å²) >= 11 is 0. The number of nitrogens with zero attached hydrogens (tertiary/aromatic N) is 2. The van der Waals surface area contributed by atoms with Gasteiger partial charge in [0.25, 0.3) is 11.8 Å². The number of hydrogen-bond donors (Lipinski definition) is 0. The van der Waals surface area contributed by atoms with E-state index >= 15 is 0 Å². The average molecular weight is 645 g/mol. The largest absolute Gasteiger partial charge is 0.307 e. The zero-order valence-electron chi connectivity index (χ0n) is 27.7. The molecular formula is C46H32N2O2. The fraction of sp³-hybridized carbons (Fsp3) is 0.0435. The summed E-state index contributed by atoms with van der Waals surface area (Å²) in [5, 5.41) is 2.16. The smallest absolute Gasteiger partial charge is 0.268 e. The van der Waals surface area contributed by atoms with Crippen LogP contribution in [0.25, 0.3) is 60.9 Å². The lowest BCUT2D eigenvalue weighted by Crippen LogP contribution is -2.29. The fourth-order valence-electron chi connectivity index (χ4n) is 7.66. The monoisotopic (exact) mass is 644 g/mol. The van der Waals surface area contributed by atoms with Gasteiger partial charge in [0.1, 0.15) is 0 Å².